The first kappa shape index (κ1) is 20.4. The molecular weight excluding hydrogens is 408 g/mol. The van der Waals surface area contributed by atoms with Crippen LogP contribution in [0, 0.1) is 11.3 Å². The largest absolute Gasteiger partial charge is 0.376 e. The lowest BCUT2D eigenvalue weighted by atomic mass is 10.1. The fourth-order valence-electron chi connectivity index (χ4n) is 4.14. The molecule has 164 valence electrons. The van der Waals surface area contributed by atoms with E-state index < -0.39 is 0 Å². The maximum absolute atomic E-state index is 12.2. The van der Waals surface area contributed by atoms with E-state index in [9.17, 15) is 10.1 Å². The van der Waals surface area contributed by atoms with Crippen LogP contribution < -0.4 is 10.5 Å². The lowest BCUT2D eigenvalue weighted by molar-refractivity contribution is 0.109. The van der Waals surface area contributed by atoms with Crippen molar-refractivity contribution in [3.63, 3.8) is 0 Å². The van der Waals surface area contributed by atoms with Crippen molar-refractivity contribution < 1.29 is 4.74 Å². The number of hydrogen-bond acceptors (Lipinski definition) is 8. The summed E-state index contributed by atoms with van der Waals surface area (Å²) in [5.74, 6) is 1.39. The quantitative estimate of drug-likeness (QED) is 0.577. The Bertz CT molecular complexity index is 1190. The van der Waals surface area contributed by atoms with Crippen LogP contribution >= 0.6 is 0 Å². The number of fused-ring (bicyclic) bond motifs is 1. The predicted molar refractivity (Wildman–Crippen MR) is 117 cm³/mol. The van der Waals surface area contributed by atoms with Crippen LogP contribution in [0.4, 0.5) is 5.82 Å². The van der Waals surface area contributed by atoms with E-state index in [1.807, 2.05) is 12.1 Å². The summed E-state index contributed by atoms with van der Waals surface area (Å²) in [6.45, 7) is 5.67. The van der Waals surface area contributed by atoms with Gasteiger partial charge in [-0.3, -0.25) is 9.69 Å². The van der Waals surface area contributed by atoms with Gasteiger partial charge in [-0.1, -0.05) is 0 Å². The maximum Gasteiger partial charge on any atom is 0.266 e. The highest BCUT2D eigenvalue weighted by Gasteiger charge is 2.23. The van der Waals surface area contributed by atoms with E-state index in [-0.39, 0.29) is 5.56 Å². The Morgan fingerprint density at radius 3 is 2.81 bits per heavy atom. The zero-order chi connectivity index (χ0) is 21.9. The number of nitriles is 1. The topological polar surface area (TPSA) is 105 Å². The van der Waals surface area contributed by atoms with Gasteiger partial charge in [0, 0.05) is 63.2 Å². The lowest BCUT2D eigenvalue weighted by Crippen LogP contribution is -2.48. The first-order valence-electron chi connectivity index (χ1n) is 10.8. The SMILES string of the molecule is N#Cc1cc2c(nc1N1CCN(CCn3nc(-n4cccn4)ccc3=O)CC1)CCOC2. The molecule has 10 nitrogen and oxygen atoms in total. The van der Waals surface area contributed by atoms with Gasteiger partial charge >= 0.3 is 0 Å². The summed E-state index contributed by atoms with van der Waals surface area (Å²) < 4.78 is 8.62. The number of anilines is 1. The summed E-state index contributed by atoms with van der Waals surface area (Å²) in [5.41, 5.74) is 2.54. The molecule has 0 N–H and O–H groups in total. The van der Waals surface area contributed by atoms with Crippen LogP contribution in [0.3, 0.4) is 0 Å². The Kier molecular flexibility index (Phi) is 5.66. The number of nitrogens with zero attached hydrogens (tertiary/aromatic N) is 8. The standard InChI is InChI=1S/C22H24N8O2/c23-15-17-14-18-16-32-13-4-19(18)25-22(17)28-10-7-27(8-11-28)9-12-30-21(31)3-2-20(26-30)29-6-1-5-24-29/h1-3,5-6,14H,4,7-13,16H2. The van der Waals surface area contributed by atoms with Gasteiger partial charge < -0.3 is 9.64 Å². The molecule has 2 aliphatic heterocycles. The molecule has 0 aliphatic carbocycles. The predicted octanol–water partition coefficient (Wildman–Crippen LogP) is 0.591. The fourth-order valence-corrected chi connectivity index (χ4v) is 4.14. The van der Waals surface area contributed by atoms with Crippen molar-refractivity contribution >= 4 is 5.82 Å². The second kappa shape index (κ2) is 8.90. The van der Waals surface area contributed by atoms with E-state index in [0.717, 1.165) is 56.2 Å². The molecule has 0 radical (unpaired) electrons. The molecule has 1 fully saturated rings. The van der Waals surface area contributed by atoms with Gasteiger partial charge in [0.2, 0.25) is 0 Å². The van der Waals surface area contributed by atoms with Crippen LogP contribution in [0.15, 0.2) is 41.5 Å². The van der Waals surface area contributed by atoms with E-state index >= 15 is 0 Å². The minimum Gasteiger partial charge on any atom is -0.376 e. The second-order valence-electron chi connectivity index (χ2n) is 7.91. The Balaban J connectivity index is 1.22. The molecule has 0 aromatic carbocycles. The van der Waals surface area contributed by atoms with Gasteiger partial charge in [-0.25, -0.2) is 14.3 Å². The Morgan fingerprint density at radius 2 is 2.03 bits per heavy atom. The van der Waals surface area contributed by atoms with E-state index in [1.165, 1.54) is 10.7 Å². The van der Waals surface area contributed by atoms with E-state index in [4.69, 9.17) is 9.72 Å². The zero-order valence-electron chi connectivity index (χ0n) is 17.7. The van der Waals surface area contributed by atoms with Crippen molar-refractivity contribution in [1.82, 2.24) is 29.4 Å². The summed E-state index contributed by atoms with van der Waals surface area (Å²) in [5, 5.41) is 18.2. The molecule has 0 atom stereocenters. The van der Waals surface area contributed by atoms with Crippen LogP contribution in [0.1, 0.15) is 16.8 Å². The highest BCUT2D eigenvalue weighted by molar-refractivity contribution is 5.56. The third kappa shape index (κ3) is 4.12. The van der Waals surface area contributed by atoms with Crippen LogP contribution in [0.2, 0.25) is 0 Å². The maximum atomic E-state index is 12.2. The summed E-state index contributed by atoms with van der Waals surface area (Å²) in [4.78, 5) is 21.5. The van der Waals surface area contributed by atoms with Crippen molar-refractivity contribution in [3.05, 3.63) is 63.8 Å². The highest BCUT2D eigenvalue weighted by atomic mass is 16.5. The normalized spacial score (nSPS) is 16.5. The van der Waals surface area contributed by atoms with Crippen LogP contribution in [-0.2, 0) is 24.3 Å². The number of hydrogen-bond donors (Lipinski definition) is 0. The number of rotatable bonds is 5. The molecule has 1 saturated heterocycles. The Hall–Kier alpha value is -3.55. The van der Waals surface area contributed by atoms with Gasteiger partial charge in [0.1, 0.15) is 11.9 Å². The van der Waals surface area contributed by atoms with Crippen molar-refractivity contribution in [2.24, 2.45) is 0 Å². The molecule has 5 rings (SSSR count). The Labute approximate surface area is 185 Å². The number of piperazine rings is 1. The fraction of sp³-hybridized carbons (Fsp3) is 0.409. The monoisotopic (exact) mass is 432 g/mol. The van der Waals surface area contributed by atoms with E-state index in [0.29, 0.717) is 31.1 Å². The number of aromatic nitrogens is 5. The molecule has 0 unspecified atom stereocenters. The van der Waals surface area contributed by atoms with Crippen molar-refractivity contribution in [2.75, 3.05) is 44.2 Å². The van der Waals surface area contributed by atoms with Crippen molar-refractivity contribution in [2.45, 2.75) is 19.6 Å². The molecule has 0 spiro atoms. The van der Waals surface area contributed by atoms with Crippen molar-refractivity contribution in [3.8, 4) is 11.9 Å². The van der Waals surface area contributed by atoms with Crippen LogP contribution in [0.25, 0.3) is 5.82 Å². The minimum atomic E-state index is -0.125. The van der Waals surface area contributed by atoms with Gasteiger partial charge in [0.05, 0.1) is 31.0 Å². The van der Waals surface area contributed by atoms with Gasteiger partial charge in [-0.2, -0.15) is 10.4 Å². The summed E-state index contributed by atoms with van der Waals surface area (Å²) in [6.07, 6.45) is 4.26. The molecule has 32 heavy (non-hydrogen) atoms. The molecule has 3 aromatic rings. The molecule has 5 heterocycles. The van der Waals surface area contributed by atoms with Gasteiger partial charge in [-0.15, -0.1) is 5.10 Å². The number of ether oxygens (including phenoxy) is 1. The second-order valence-corrected chi connectivity index (χ2v) is 7.91. The Morgan fingerprint density at radius 1 is 1.16 bits per heavy atom. The number of pyridine rings is 1. The third-order valence-electron chi connectivity index (χ3n) is 5.92. The van der Waals surface area contributed by atoms with E-state index in [1.54, 1.807) is 23.1 Å². The summed E-state index contributed by atoms with van der Waals surface area (Å²) in [6, 6.07) is 9.24. The van der Waals surface area contributed by atoms with Crippen LogP contribution in [0.5, 0.6) is 0 Å². The molecule has 2 aliphatic rings. The molecule has 3 aromatic heterocycles. The molecular formula is C22H24N8O2. The molecule has 0 bridgehead atoms. The average molecular weight is 432 g/mol. The molecule has 0 saturated carbocycles. The van der Waals surface area contributed by atoms with E-state index in [2.05, 4.69) is 26.1 Å². The minimum absolute atomic E-state index is 0.125. The van der Waals surface area contributed by atoms with Crippen LogP contribution in [-0.4, -0.2) is 68.8 Å². The first-order valence-corrected chi connectivity index (χ1v) is 10.8. The third-order valence-corrected chi connectivity index (χ3v) is 5.92. The first-order chi connectivity index (χ1) is 15.7. The molecule has 10 heteroatoms. The summed E-state index contributed by atoms with van der Waals surface area (Å²) >= 11 is 0. The lowest BCUT2D eigenvalue weighted by Gasteiger charge is -2.36. The van der Waals surface area contributed by atoms with Gasteiger partial charge in [0.25, 0.3) is 5.56 Å². The van der Waals surface area contributed by atoms with Crippen molar-refractivity contribution in [1.29, 1.82) is 5.26 Å². The molecule has 0 amide bonds. The van der Waals surface area contributed by atoms with Gasteiger partial charge in [-0.05, 0) is 18.2 Å². The zero-order valence-corrected chi connectivity index (χ0v) is 17.7. The smallest absolute Gasteiger partial charge is 0.266 e. The van der Waals surface area contributed by atoms with Gasteiger partial charge in [0.15, 0.2) is 5.82 Å². The highest BCUT2D eigenvalue weighted by Crippen LogP contribution is 2.25. The summed E-state index contributed by atoms with van der Waals surface area (Å²) in [7, 11) is 0. The average Bonchev–Trinajstić information content (AvgIpc) is 3.38.